The number of para-hydroxylation sites is 1. The topological polar surface area (TPSA) is 29.5 Å². The summed E-state index contributed by atoms with van der Waals surface area (Å²) in [5.74, 6) is -1.01. The van der Waals surface area contributed by atoms with E-state index in [0.29, 0.717) is 13.0 Å². The van der Waals surface area contributed by atoms with E-state index in [1.165, 1.54) is 12.1 Å². The molecule has 19 heavy (non-hydrogen) atoms. The fraction of sp³-hybridized carbons (Fsp3) is 0.462. The lowest BCUT2D eigenvalue weighted by atomic mass is 10.1. The molecule has 3 nitrogen and oxygen atoms in total. The highest BCUT2D eigenvalue weighted by Crippen LogP contribution is 2.25. The van der Waals surface area contributed by atoms with Gasteiger partial charge in [-0.2, -0.15) is 13.2 Å². The molecule has 104 valence electrons. The molecule has 0 saturated carbocycles. The lowest BCUT2D eigenvalue weighted by Gasteiger charge is -2.26. The molecule has 0 radical (unpaired) electrons. The van der Waals surface area contributed by atoms with Gasteiger partial charge >= 0.3 is 6.18 Å². The van der Waals surface area contributed by atoms with Crippen molar-refractivity contribution in [2.75, 3.05) is 24.7 Å². The average molecular weight is 273 g/mol. The van der Waals surface area contributed by atoms with Gasteiger partial charge in [0.15, 0.2) is 0 Å². The molecule has 2 rings (SSSR count). The maximum Gasteiger partial charge on any atom is 0.406 e. The average Bonchev–Trinajstić information content (AvgIpc) is 2.89. The third-order valence-electron chi connectivity index (χ3n) is 2.95. The quantitative estimate of drug-likeness (QED) is 0.847. The molecule has 1 fully saturated rings. The van der Waals surface area contributed by atoms with Crippen LogP contribution in [0.25, 0.3) is 0 Å². The summed E-state index contributed by atoms with van der Waals surface area (Å²) in [6, 6.07) is 7.91. The third kappa shape index (κ3) is 3.70. The molecule has 1 aromatic carbocycles. The number of carbonyl (C=O) groups excluding carboxylic acids is 1. The smallest absolute Gasteiger partial charge is 0.381 e. The summed E-state index contributed by atoms with van der Waals surface area (Å²) in [5, 5.41) is 0. The molecule has 1 heterocycles. The molecular weight excluding hydrogens is 259 g/mol. The van der Waals surface area contributed by atoms with Crippen LogP contribution in [-0.2, 0) is 9.53 Å². The Morgan fingerprint density at radius 3 is 2.53 bits per heavy atom. The second-order valence-corrected chi connectivity index (χ2v) is 4.44. The number of ether oxygens (including phenoxy) is 1. The van der Waals surface area contributed by atoms with Crippen molar-refractivity contribution in [2.45, 2.75) is 12.6 Å². The number of hydrogen-bond acceptors (Lipinski definition) is 2. The van der Waals surface area contributed by atoms with Crippen LogP contribution < -0.4 is 4.90 Å². The summed E-state index contributed by atoms with van der Waals surface area (Å²) in [6.07, 6.45) is -3.95. The molecule has 0 bridgehead atoms. The Balaban J connectivity index is 2.21. The van der Waals surface area contributed by atoms with Gasteiger partial charge in [0.1, 0.15) is 6.54 Å². The molecule has 1 amide bonds. The predicted octanol–water partition coefficient (Wildman–Crippen LogP) is 2.62. The van der Waals surface area contributed by atoms with Crippen LogP contribution in [0.15, 0.2) is 30.3 Å². The number of carbonyl (C=O) groups is 1. The monoisotopic (exact) mass is 273 g/mol. The van der Waals surface area contributed by atoms with E-state index in [-0.39, 0.29) is 12.3 Å². The highest BCUT2D eigenvalue weighted by molar-refractivity contribution is 5.95. The molecule has 6 heteroatoms. The van der Waals surface area contributed by atoms with Crippen LogP contribution in [0, 0.1) is 5.92 Å². The van der Waals surface area contributed by atoms with Crippen LogP contribution in [0.2, 0.25) is 0 Å². The fourth-order valence-electron chi connectivity index (χ4n) is 2.03. The molecule has 1 aliphatic heterocycles. The van der Waals surface area contributed by atoms with Gasteiger partial charge in [-0.3, -0.25) is 4.79 Å². The predicted molar refractivity (Wildman–Crippen MR) is 63.8 cm³/mol. The zero-order chi connectivity index (χ0) is 13.9. The molecule has 0 spiro atoms. The Hall–Kier alpha value is -1.56. The molecule has 1 aliphatic rings. The highest BCUT2D eigenvalue weighted by Gasteiger charge is 2.37. The summed E-state index contributed by atoms with van der Waals surface area (Å²) in [6.45, 7) is -0.655. The number of halogens is 3. The molecule has 1 unspecified atom stereocenters. The van der Waals surface area contributed by atoms with Gasteiger partial charge in [-0.25, -0.2) is 0 Å². The molecule has 0 N–H and O–H groups in total. The van der Waals surface area contributed by atoms with Gasteiger partial charge in [-0.05, 0) is 18.6 Å². The van der Waals surface area contributed by atoms with Crippen LogP contribution >= 0.6 is 0 Å². The Kier molecular flexibility index (Phi) is 4.09. The standard InChI is InChI=1S/C13H14F3NO2/c14-13(15,16)9-17(11-4-2-1-3-5-11)12(18)10-6-7-19-8-10/h1-5,10H,6-9H2. The lowest BCUT2D eigenvalue weighted by molar-refractivity contribution is -0.134. The second-order valence-electron chi connectivity index (χ2n) is 4.44. The van der Waals surface area contributed by atoms with Crippen LogP contribution in [0.3, 0.4) is 0 Å². The van der Waals surface area contributed by atoms with E-state index in [9.17, 15) is 18.0 Å². The van der Waals surface area contributed by atoms with Crippen LogP contribution in [0.4, 0.5) is 18.9 Å². The maximum absolute atomic E-state index is 12.6. The maximum atomic E-state index is 12.6. The van der Waals surface area contributed by atoms with E-state index >= 15 is 0 Å². The highest BCUT2D eigenvalue weighted by atomic mass is 19.4. The van der Waals surface area contributed by atoms with E-state index in [2.05, 4.69) is 0 Å². The van der Waals surface area contributed by atoms with Crippen molar-refractivity contribution in [1.29, 1.82) is 0 Å². The zero-order valence-electron chi connectivity index (χ0n) is 10.2. The first-order chi connectivity index (χ1) is 8.97. The van der Waals surface area contributed by atoms with Gasteiger partial charge in [-0.1, -0.05) is 18.2 Å². The molecular formula is C13H14F3NO2. The van der Waals surface area contributed by atoms with Gasteiger partial charge in [0.25, 0.3) is 0 Å². The van der Waals surface area contributed by atoms with E-state index in [4.69, 9.17) is 4.74 Å². The Morgan fingerprint density at radius 2 is 2.00 bits per heavy atom. The van der Waals surface area contributed by atoms with E-state index in [1.54, 1.807) is 18.2 Å². The van der Waals surface area contributed by atoms with Gasteiger partial charge in [0.05, 0.1) is 12.5 Å². The van der Waals surface area contributed by atoms with Gasteiger partial charge < -0.3 is 9.64 Å². The largest absolute Gasteiger partial charge is 0.406 e. The zero-order valence-corrected chi connectivity index (χ0v) is 10.2. The summed E-state index contributed by atoms with van der Waals surface area (Å²) < 4.78 is 42.9. The number of hydrogen-bond donors (Lipinski definition) is 0. The summed E-state index contributed by atoms with van der Waals surface area (Å²) in [5.41, 5.74) is 0.261. The molecule has 0 aliphatic carbocycles. The SMILES string of the molecule is O=C(C1CCOC1)N(CC(F)(F)F)c1ccccc1. The molecule has 1 atom stereocenters. The van der Waals surface area contributed by atoms with Gasteiger partial charge in [-0.15, -0.1) is 0 Å². The molecule has 1 aromatic rings. The molecule has 1 saturated heterocycles. The van der Waals surface area contributed by atoms with Crippen molar-refractivity contribution < 1.29 is 22.7 Å². The van der Waals surface area contributed by atoms with Crippen molar-refractivity contribution in [1.82, 2.24) is 0 Å². The number of benzene rings is 1. The molecule has 0 aromatic heterocycles. The lowest BCUT2D eigenvalue weighted by Crippen LogP contribution is -2.42. The first-order valence-corrected chi connectivity index (χ1v) is 5.98. The summed E-state index contributed by atoms with van der Waals surface area (Å²) in [7, 11) is 0. The van der Waals surface area contributed by atoms with Crippen molar-refractivity contribution in [3.8, 4) is 0 Å². The van der Waals surface area contributed by atoms with Crippen molar-refractivity contribution in [3.63, 3.8) is 0 Å². The number of amides is 1. The Labute approximate surface area is 109 Å². The van der Waals surface area contributed by atoms with Crippen LogP contribution in [0.5, 0.6) is 0 Å². The Bertz CT molecular complexity index is 427. The normalized spacial score (nSPS) is 19.4. The van der Waals surface area contributed by atoms with Crippen LogP contribution in [0.1, 0.15) is 6.42 Å². The number of rotatable bonds is 3. The first kappa shape index (κ1) is 13.9. The number of nitrogens with zero attached hydrogens (tertiary/aromatic N) is 1. The van der Waals surface area contributed by atoms with Crippen molar-refractivity contribution >= 4 is 11.6 Å². The van der Waals surface area contributed by atoms with E-state index in [1.807, 2.05) is 0 Å². The summed E-state index contributed by atoms with van der Waals surface area (Å²) >= 11 is 0. The minimum atomic E-state index is -4.43. The fourth-order valence-corrected chi connectivity index (χ4v) is 2.03. The third-order valence-corrected chi connectivity index (χ3v) is 2.95. The number of anilines is 1. The van der Waals surface area contributed by atoms with Crippen molar-refractivity contribution in [2.24, 2.45) is 5.92 Å². The van der Waals surface area contributed by atoms with Gasteiger partial charge in [0.2, 0.25) is 5.91 Å². The Morgan fingerprint density at radius 1 is 1.32 bits per heavy atom. The summed E-state index contributed by atoms with van der Waals surface area (Å²) in [4.78, 5) is 13.0. The van der Waals surface area contributed by atoms with E-state index < -0.39 is 24.5 Å². The second kappa shape index (κ2) is 5.61. The number of alkyl halides is 3. The van der Waals surface area contributed by atoms with Crippen molar-refractivity contribution in [3.05, 3.63) is 30.3 Å². The minimum absolute atomic E-state index is 0.194. The van der Waals surface area contributed by atoms with E-state index in [0.717, 1.165) is 4.90 Å². The minimum Gasteiger partial charge on any atom is -0.381 e. The first-order valence-electron chi connectivity index (χ1n) is 5.98. The van der Waals surface area contributed by atoms with Crippen LogP contribution in [-0.4, -0.2) is 31.8 Å². The van der Waals surface area contributed by atoms with Gasteiger partial charge in [0, 0.05) is 12.3 Å².